The maximum atomic E-state index is 12.5. The van der Waals surface area contributed by atoms with E-state index in [1.807, 2.05) is 18.2 Å². The number of rotatable bonds is 5. The molecule has 0 unspecified atom stereocenters. The highest BCUT2D eigenvalue weighted by atomic mass is 32.2. The molecule has 0 bridgehead atoms. The minimum absolute atomic E-state index is 0.0484. The van der Waals surface area contributed by atoms with Gasteiger partial charge >= 0.3 is 0 Å². The quantitative estimate of drug-likeness (QED) is 0.905. The van der Waals surface area contributed by atoms with Crippen LogP contribution in [0.5, 0.6) is 0 Å². The van der Waals surface area contributed by atoms with Crippen LogP contribution in [0.15, 0.2) is 24.3 Å². The van der Waals surface area contributed by atoms with Crippen molar-refractivity contribution in [3.05, 3.63) is 29.8 Å². The monoisotopic (exact) mass is 321 g/mol. The lowest BCUT2D eigenvalue weighted by atomic mass is 10.0. The molecule has 0 aromatic heterocycles. The lowest BCUT2D eigenvalue weighted by Crippen LogP contribution is -2.25. The Morgan fingerprint density at radius 1 is 1.09 bits per heavy atom. The van der Waals surface area contributed by atoms with Gasteiger partial charge in [0, 0.05) is 11.6 Å². The normalized spacial score (nSPS) is 19.8. The van der Waals surface area contributed by atoms with Crippen molar-refractivity contribution in [3.8, 4) is 0 Å². The predicted octanol–water partition coefficient (Wildman–Crippen LogP) is 3.28. The fourth-order valence-corrected chi connectivity index (χ4v) is 5.03. The van der Waals surface area contributed by atoms with Crippen LogP contribution in [-0.4, -0.2) is 19.6 Å². The molecule has 0 heterocycles. The zero-order valence-corrected chi connectivity index (χ0v) is 13.6. The van der Waals surface area contributed by atoms with Gasteiger partial charge in [0.05, 0.1) is 11.0 Å². The maximum absolute atomic E-state index is 12.5. The first-order chi connectivity index (χ1) is 10.5. The van der Waals surface area contributed by atoms with E-state index in [9.17, 15) is 13.2 Å². The molecular weight excluding hydrogens is 298 g/mol. The molecule has 2 aliphatic carbocycles. The first-order valence-electron chi connectivity index (χ1n) is 8.16. The maximum Gasteiger partial charge on any atom is 0.227 e. The molecule has 0 radical (unpaired) electrons. The summed E-state index contributed by atoms with van der Waals surface area (Å²) in [4.78, 5) is 11.8. The molecule has 22 heavy (non-hydrogen) atoms. The van der Waals surface area contributed by atoms with Gasteiger partial charge in [-0.05, 0) is 43.4 Å². The molecular formula is C17H23NO3S. The summed E-state index contributed by atoms with van der Waals surface area (Å²) in [6.07, 6.45) is 6.68. The third kappa shape index (κ3) is 3.88. The second-order valence-corrected chi connectivity index (χ2v) is 8.81. The van der Waals surface area contributed by atoms with Gasteiger partial charge in [0.2, 0.25) is 5.91 Å². The van der Waals surface area contributed by atoms with E-state index in [1.54, 1.807) is 6.07 Å². The third-order valence-corrected chi connectivity index (χ3v) is 6.79. The van der Waals surface area contributed by atoms with E-state index in [1.165, 1.54) is 0 Å². The second kappa shape index (κ2) is 6.41. The lowest BCUT2D eigenvalue weighted by Gasteiger charge is -2.21. The second-order valence-electron chi connectivity index (χ2n) is 6.53. The number of carbonyl (C=O) groups is 1. The molecule has 4 nitrogen and oxygen atoms in total. The van der Waals surface area contributed by atoms with Gasteiger partial charge in [-0.3, -0.25) is 4.79 Å². The summed E-state index contributed by atoms with van der Waals surface area (Å²) in [5.74, 6) is 0.270. The fraction of sp³-hybridized carbons (Fsp3) is 0.588. The summed E-state index contributed by atoms with van der Waals surface area (Å²) >= 11 is 0. The van der Waals surface area contributed by atoms with Crippen molar-refractivity contribution in [2.75, 3.05) is 5.32 Å². The number of anilines is 1. The van der Waals surface area contributed by atoms with Crippen molar-refractivity contribution in [2.45, 2.75) is 55.9 Å². The van der Waals surface area contributed by atoms with Crippen LogP contribution < -0.4 is 5.32 Å². The Kier molecular flexibility index (Phi) is 4.52. The molecule has 1 aromatic rings. The third-order valence-electron chi connectivity index (χ3n) is 4.57. The van der Waals surface area contributed by atoms with Crippen LogP contribution in [0.25, 0.3) is 0 Å². The van der Waals surface area contributed by atoms with E-state index in [4.69, 9.17) is 0 Å². The SMILES string of the molecule is O=C(Nc1cccc(CS(=O)(=O)C2CCCCC2)c1)C1CC1. The summed E-state index contributed by atoms with van der Waals surface area (Å²) in [6.45, 7) is 0. The highest BCUT2D eigenvalue weighted by molar-refractivity contribution is 7.91. The molecule has 1 aromatic carbocycles. The fourth-order valence-electron chi connectivity index (χ4n) is 3.10. The Labute approximate surface area is 132 Å². The molecule has 120 valence electrons. The Hall–Kier alpha value is -1.36. The van der Waals surface area contributed by atoms with Crippen LogP contribution in [0.3, 0.4) is 0 Å². The molecule has 0 saturated heterocycles. The van der Waals surface area contributed by atoms with Crippen molar-refractivity contribution in [3.63, 3.8) is 0 Å². The van der Waals surface area contributed by atoms with Crippen molar-refractivity contribution >= 4 is 21.4 Å². The highest BCUT2D eigenvalue weighted by Gasteiger charge is 2.30. The van der Waals surface area contributed by atoms with E-state index in [0.29, 0.717) is 5.69 Å². The molecule has 2 saturated carbocycles. The summed E-state index contributed by atoms with van der Waals surface area (Å²) in [5.41, 5.74) is 1.47. The standard InChI is InChI=1S/C17H23NO3S/c19-17(14-9-10-14)18-15-6-4-5-13(11-15)12-22(20,21)16-7-2-1-3-8-16/h4-6,11,14,16H,1-3,7-10,12H2,(H,18,19). The number of hydrogen-bond acceptors (Lipinski definition) is 3. The van der Waals surface area contributed by atoms with Crippen molar-refractivity contribution in [1.82, 2.24) is 0 Å². The molecule has 5 heteroatoms. The van der Waals surface area contributed by atoms with Crippen LogP contribution in [0.2, 0.25) is 0 Å². The summed E-state index contributed by atoms with van der Waals surface area (Å²) in [6, 6.07) is 7.25. The molecule has 3 rings (SSSR count). The largest absolute Gasteiger partial charge is 0.326 e. The van der Waals surface area contributed by atoms with Crippen LogP contribution in [0.1, 0.15) is 50.5 Å². The molecule has 0 atom stereocenters. The zero-order valence-electron chi connectivity index (χ0n) is 12.8. The van der Waals surface area contributed by atoms with Crippen molar-refractivity contribution in [1.29, 1.82) is 0 Å². The van der Waals surface area contributed by atoms with E-state index >= 15 is 0 Å². The van der Waals surface area contributed by atoms with Gasteiger partial charge in [-0.15, -0.1) is 0 Å². The average molecular weight is 321 g/mol. The van der Waals surface area contributed by atoms with Crippen LogP contribution >= 0.6 is 0 Å². The van der Waals surface area contributed by atoms with E-state index in [-0.39, 0.29) is 22.8 Å². The Morgan fingerprint density at radius 3 is 2.50 bits per heavy atom. The number of sulfone groups is 1. The topological polar surface area (TPSA) is 63.2 Å². The van der Waals surface area contributed by atoms with E-state index in [0.717, 1.165) is 50.5 Å². The van der Waals surface area contributed by atoms with E-state index in [2.05, 4.69) is 5.32 Å². The Bertz CT molecular complexity index is 644. The summed E-state index contributed by atoms with van der Waals surface area (Å²) < 4.78 is 25.0. The summed E-state index contributed by atoms with van der Waals surface area (Å²) in [5, 5.41) is 2.69. The first kappa shape index (κ1) is 15.5. The molecule has 1 N–H and O–H groups in total. The molecule has 0 spiro atoms. The molecule has 2 aliphatic rings. The number of carbonyl (C=O) groups excluding carboxylic acids is 1. The van der Waals surface area contributed by atoms with Crippen LogP contribution in [0, 0.1) is 5.92 Å². The number of hydrogen-bond donors (Lipinski definition) is 1. The van der Waals surface area contributed by atoms with Crippen LogP contribution in [0.4, 0.5) is 5.69 Å². The zero-order chi connectivity index (χ0) is 15.6. The Balaban J connectivity index is 1.67. The minimum Gasteiger partial charge on any atom is -0.326 e. The van der Waals surface area contributed by atoms with Crippen molar-refractivity contribution < 1.29 is 13.2 Å². The number of benzene rings is 1. The lowest BCUT2D eigenvalue weighted by molar-refractivity contribution is -0.117. The first-order valence-corrected chi connectivity index (χ1v) is 9.87. The predicted molar refractivity (Wildman–Crippen MR) is 87.3 cm³/mol. The van der Waals surface area contributed by atoms with Gasteiger partial charge in [-0.25, -0.2) is 8.42 Å². The van der Waals surface area contributed by atoms with Crippen molar-refractivity contribution in [2.24, 2.45) is 5.92 Å². The molecule has 0 aliphatic heterocycles. The van der Waals surface area contributed by atoms with Gasteiger partial charge < -0.3 is 5.32 Å². The minimum atomic E-state index is -3.10. The number of nitrogens with one attached hydrogen (secondary N) is 1. The van der Waals surface area contributed by atoms with Gasteiger partial charge in [0.25, 0.3) is 0 Å². The molecule has 1 amide bonds. The van der Waals surface area contributed by atoms with Gasteiger partial charge in [-0.1, -0.05) is 31.4 Å². The summed E-state index contributed by atoms with van der Waals surface area (Å²) in [7, 11) is -3.10. The highest BCUT2D eigenvalue weighted by Crippen LogP contribution is 2.30. The number of amides is 1. The smallest absolute Gasteiger partial charge is 0.227 e. The van der Waals surface area contributed by atoms with Gasteiger partial charge in [0.1, 0.15) is 0 Å². The average Bonchev–Trinajstić information content (AvgIpc) is 3.33. The van der Waals surface area contributed by atoms with Gasteiger partial charge in [0.15, 0.2) is 9.84 Å². The van der Waals surface area contributed by atoms with Crippen LogP contribution in [-0.2, 0) is 20.4 Å². The van der Waals surface area contributed by atoms with E-state index < -0.39 is 9.84 Å². The molecule has 2 fully saturated rings. The van der Waals surface area contributed by atoms with Gasteiger partial charge in [-0.2, -0.15) is 0 Å². The Morgan fingerprint density at radius 2 is 1.82 bits per heavy atom.